The topological polar surface area (TPSA) is 12.0 Å². The predicted octanol–water partition coefficient (Wildman–Crippen LogP) is 2.65. The van der Waals surface area contributed by atoms with Crippen LogP contribution in [0.25, 0.3) is 0 Å². The third-order valence-electron chi connectivity index (χ3n) is 3.08. The standard InChI is InChI=1S/C12H17N/c1-8-6-10(3)11(7-9(8)2)12-4-5-13-12/h6-7,12-13H,4-5H2,1-3H3. The average Bonchev–Trinajstić information content (AvgIpc) is 1.96. The smallest absolute Gasteiger partial charge is 0.0335 e. The van der Waals surface area contributed by atoms with Crippen LogP contribution in [-0.4, -0.2) is 6.54 Å². The van der Waals surface area contributed by atoms with Gasteiger partial charge in [-0.15, -0.1) is 0 Å². The Bertz CT molecular complexity index is 324. The molecule has 1 saturated heterocycles. The predicted molar refractivity (Wildman–Crippen MR) is 56.0 cm³/mol. The van der Waals surface area contributed by atoms with E-state index < -0.39 is 0 Å². The SMILES string of the molecule is Cc1cc(C)c(C2CCN2)cc1C. The van der Waals surface area contributed by atoms with Crippen molar-refractivity contribution in [3.63, 3.8) is 0 Å². The van der Waals surface area contributed by atoms with Crippen LogP contribution < -0.4 is 5.32 Å². The second-order valence-electron chi connectivity index (χ2n) is 4.09. The maximum Gasteiger partial charge on any atom is 0.0335 e. The molecule has 1 aromatic rings. The van der Waals surface area contributed by atoms with Gasteiger partial charge in [0, 0.05) is 6.04 Å². The van der Waals surface area contributed by atoms with Crippen molar-refractivity contribution in [2.45, 2.75) is 33.2 Å². The fourth-order valence-electron chi connectivity index (χ4n) is 1.91. The number of aryl methyl sites for hydroxylation is 3. The van der Waals surface area contributed by atoms with Gasteiger partial charge in [-0.3, -0.25) is 0 Å². The van der Waals surface area contributed by atoms with E-state index in [1.54, 1.807) is 0 Å². The molecule has 1 unspecified atom stereocenters. The molecule has 1 heterocycles. The number of benzene rings is 1. The molecule has 1 aliphatic heterocycles. The van der Waals surface area contributed by atoms with Gasteiger partial charge in [0.25, 0.3) is 0 Å². The Balaban J connectivity index is 2.39. The highest BCUT2D eigenvalue weighted by molar-refractivity contribution is 5.38. The molecule has 1 nitrogen and oxygen atoms in total. The molecule has 0 bridgehead atoms. The van der Waals surface area contributed by atoms with Gasteiger partial charge in [0.05, 0.1) is 0 Å². The van der Waals surface area contributed by atoms with Gasteiger partial charge in [-0.25, -0.2) is 0 Å². The quantitative estimate of drug-likeness (QED) is 0.692. The lowest BCUT2D eigenvalue weighted by molar-refractivity contribution is 0.381. The normalized spacial score (nSPS) is 21.3. The van der Waals surface area contributed by atoms with Gasteiger partial charge in [0.2, 0.25) is 0 Å². The van der Waals surface area contributed by atoms with E-state index in [0.29, 0.717) is 6.04 Å². The summed E-state index contributed by atoms with van der Waals surface area (Å²) in [6.45, 7) is 7.76. The minimum absolute atomic E-state index is 0.624. The molecule has 0 amide bonds. The van der Waals surface area contributed by atoms with Crippen molar-refractivity contribution < 1.29 is 0 Å². The van der Waals surface area contributed by atoms with Crippen LogP contribution in [0.5, 0.6) is 0 Å². The molecule has 1 aliphatic rings. The number of rotatable bonds is 1. The highest BCUT2D eigenvalue weighted by Gasteiger charge is 2.20. The van der Waals surface area contributed by atoms with Crippen molar-refractivity contribution in [3.8, 4) is 0 Å². The van der Waals surface area contributed by atoms with E-state index in [0.717, 1.165) is 0 Å². The zero-order chi connectivity index (χ0) is 9.42. The van der Waals surface area contributed by atoms with Crippen LogP contribution >= 0.6 is 0 Å². The summed E-state index contributed by atoms with van der Waals surface area (Å²) < 4.78 is 0. The molecule has 0 radical (unpaired) electrons. The Morgan fingerprint density at radius 3 is 2.23 bits per heavy atom. The third-order valence-corrected chi connectivity index (χ3v) is 3.08. The average molecular weight is 175 g/mol. The molecule has 0 aliphatic carbocycles. The summed E-state index contributed by atoms with van der Waals surface area (Å²) in [4.78, 5) is 0. The fraction of sp³-hybridized carbons (Fsp3) is 0.500. The minimum atomic E-state index is 0.624. The van der Waals surface area contributed by atoms with Gasteiger partial charge in [0.1, 0.15) is 0 Å². The maximum absolute atomic E-state index is 3.45. The highest BCUT2D eigenvalue weighted by Crippen LogP contribution is 2.27. The van der Waals surface area contributed by atoms with Crippen LogP contribution in [0.4, 0.5) is 0 Å². The van der Waals surface area contributed by atoms with Crippen molar-refractivity contribution in [2.75, 3.05) is 6.54 Å². The molecule has 13 heavy (non-hydrogen) atoms. The van der Waals surface area contributed by atoms with Crippen molar-refractivity contribution in [2.24, 2.45) is 0 Å². The Hall–Kier alpha value is -0.820. The molecule has 1 fully saturated rings. The second-order valence-corrected chi connectivity index (χ2v) is 4.09. The summed E-state index contributed by atoms with van der Waals surface area (Å²) >= 11 is 0. The van der Waals surface area contributed by atoms with Crippen LogP contribution in [0, 0.1) is 20.8 Å². The molecule has 0 spiro atoms. The van der Waals surface area contributed by atoms with Crippen molar-refractivity contribution in [3.05, 3.63) is 34.4 Å². The molecule has 2 rings (SSSR count). The summed E-state index contributed by atoms with van der Waals surface area (Å²) in [6.07, 6.45) is 1.29. The lowest BCUT2D eigenvalue weighted by Crippen LogP contribution is -2.35. The van der Waals surface area contributed by atoms with Crippen LogP contribution in [0.3, 0.4) is 0 Å². The monoisotopic (exact) mass is 175 g/mol. The Kier molecular flexibility index (Phi) is 2.12. The van der Waals surface area contributed by atoms with Crippen molar-refractivity contribution in [1.82, 2.24) is 5.32 Å². The zero-order valence-electron chi connectivity index (χ0n) is 8.65. The van der Waals surface area contributed by atoms with E-state index >= 15 is 0 Å². The van der Waals surface area contributed by atoms with Crippen LogP contribution in [0.2, 0.25) is 0 Å². The lowest BCUT2D eigenvalue weighted by Gasteiger charge is -2.30. The van der Waals surface area contributed by atoms with Gasteiger partial charge in [0.15, 0.2) is 0 Å². The molecular weight excluding hydrogens is 158 g/mol. The fourth-order valence-corrected chi connectivity index (χ4v) is 1.91. The van der Waals surface area contributed by atoms with E-state index in [1.165, 1.54) is 35.2 Å². The van der Waals surface area contributed by atoms with Crippen molar-refractivity contribution >= 4 is 0 Å². The molecule has 1 atom stereocenters. The van der Waals surface area contributed by atoms with E-state index in [1.807, 2.05) is 0 Å². The summed E-state index contributed by atoms with van der Waals surface area (Å²) in [5, 5.41) is 3.45. The molecule has 1 N–H and O–H groups in total. The Morgan fingerprint density at radius 1 is 1.08 bits per heavy atom. The summed E-state index contributed by atoms with van der Waals surface area (Å²) in [7, 11) is 0. The third kappa shape index (κ3) is 1.49. The second kappa shape index (κ2) is 3.15. The molecule has 0 saturated carbocycles. The summed E-state index contributed by atoms with van der Waals surface area (Å²) in [5.74, 6) is 0. The number of hydrogen-bond acceptors (Lipinski definition) is 1. The molecule has 1 aromatic carbocycles. The zero-order valence-corrected chi connectivity index (χ0v) is 8.65. The van der Waals surface area contributed by atoms with E-state index in [9.17, 15) is 0 Å². The first kappa shape index (κ1) is 8.76. The number of hydrogen-bond donors (Lipinski definition) is 1. The number of nitrogens with one attached hydrogen (secondary N) is 1. The Labute approximate surface area is 80.2 Å². The summed E-state index contributed by atoms with van der Waals surface area (Å²) in [6, 6.07) is 5.26. The van der Waals surface area contributed by atoms with Gasteiger partial charge in [-0.05, 0) is 56.0 Å². The summed E-state index contributed by atoms with van der Waals surface area (Å²) in [5.41, 5.74) is 5.74. The molecular formula is C12H17N. The highest BCUT2D eigenvalue weighted by atomic mass is 15.0. The molecule has 70 valence electrons. The van der Waals surface area contributed by atoms with Crippen LogP contribution in [0.1, 0.15) is 34.7 Å². The van der Waals surface area contributed by atoms with Crippen molar-refractivity contribution in [1.29, 1.82) is 0 Å². The maximum atomic E-state index is 3.45. The van der Waals surface area contributed by atoms with Gasteiger partial charge >= 0.3 is 0 Å². The first-order valence-electron chi connectivity index (χ1n) is 4.99. The van der Waals surface area contributed by atoms with E-state index in [4.69, 9.17) is 0 Å². The lowest BCUT2D eigenvalue weighted by atomic mass is 9.91. The molecule has 1 heteroatoms. The largest absolute Gasteiger partial charge is 0.310 e. The van der Waals surface area contributed by atoms with E-state index in [-0.39, 0.29) is 0 Å². The first-order valence-corrected chi connectivity index (χ1v) is 4.99. The minimum Gasteiger partial charge on any atom is -0.310 e. The molecule has 0 aromatic heterocycles. The van der Waals surface area contributed by atoms with E-state index in [2.05, 4.69) is 38.2 Å². The van der Waals surface area contributed by atoms with Crippen LogP contribution in [0.15, 0.2) is 12.1 Å². The van der Waals surface area contributed by atoms with Crippen LogP contribution in [-0.2, 0) is 0 Å². The van der Waals surface area contributed by atoms with Gasteiger partial charge in [-0.1, -0.05) is 12.1 Å². The van der Waals surface area contributed by atoms with Gasteiger partial charge < -0.3 is 5.32 Å². The Morgan fingerprint density at radius 2 is 1.69 bits per heavy atom. The first-order chi connectivity index (χ1) is 6.18. The van der Waals surface area contributed by atoms with Gasteiger partial charge in [-0.2, -0.15) is 0 Å².